The Balaban J connectivity index is 1.85. The monoisotopic (exact) mass is 344 g/mol. The van der Waals surface area contributed by atoms with Gasteiger partial charge in [0.25, 0.3) is 5.56 Å². The summed E-state index contributed by atoms with van der Waals surface area (Å²) in [4.78, 5) is 22.0. The number of aryl methyl sites for hydroxylation is 3. The molecule has 3 nitrogen and oxygen atoms in total. The molecule has 0 aliphatic heterocycles. The fraction of sp³-hybridized carbons (Fsp3) is 0.333. The zero-order valence-electron chi connectivity index (χ0n) is 13.8. The molecule has 0 saturated carbocycles. The first kappa shape index (κ1) is 16.3. The lowest BCUT2D eigenvalue weighted by Crippen LogP contribution is -2.12. The number of hydrogen-bond acceptors (Lipinski definition) is 4. The van der Waals surface area contributed by atoms with Gasteiger partial charge in [-0.25, -0.2) is 4.98 Å². The van der Waals surface area contributed by atoms with Crippen LogP contribution in [-0.2, 0) is 5.75 Å². The van der Waals surface area contributed by atoms with E-state index in [1.54, 1.807) is 23.1 Å². The van der Waals surface area contributed by atoms with E-state index in [1.165, 1.54) is 11.1 Å². The minimum atomic E-state index is -0.0183. The summed E-state index contributed by atoms with van der Waals surface area (Å²) in [6.07, 6.45) is 0. The van der Waals surface area contributed by atoms with E-state index < -0.39 is 0 Å². The molecule has 2 heterocycles. The third kappa shape index (κ3) is 3.21. The van der Waals surface area contributed by atoms with Gasteiger partial charge in [0, 0.05) is 10.6 Å². The van der Waals surface area contributed by atoms with Gasteiger partial charge in [0.2, 0.25) is 0 Å². The van der Waals surface area contributed by atoms with Gasteiger partial charge in [0.05, 0.1) is 10.6 Å². The van der Waals surface area contributed by atoms with Gasteiger partial charge in [-0.1, -0.05) is 24.3 Å². The lowest BCUT2D eigenvalue weighted by atomic mass is 10.1. The highest BCUT2D eigenvalue weighted by Crippen LogP contribution is 2.32. The number of hydrogen-bond donors (Lipinski definition) is 1. The Morgan fingerprint density at radius 2 is 2.00 bits per heavy atom. The molecule has 120 valence electrons. The van der Waals surface area contributed by atoms with Crippen molar-refractivity contribution in [1.29, 1.82) is 0 Å². The van der Waals surface area contributed by atoms with Gasteiger partial charge in [-0.2, -0.15) is 0 Å². The number of aromatic nitrogens is 2. The second-order valence-corrected chi connectivity index (χ2v) is 8.33. The van der Waals surface area contributed by atoms with Gasteiger partial charge in [-0.05, 0) is 44.4 Å². The summed E-state index contributed by atoms with van der Waals surface area (Å²) in [6, 6.07) is 8.41. The van der Waals surface area contributed by atoms with Crippen LogP contribution in [0.25, 0.3) is 10.2 Å². The number of nitrogens with one attached hydrogen (secondary N) is 1. The largest absolute Gasteiger partial charge is 0.309 e. The molecule has 23 heavy (non-hydrogen) atoms. The van der Waals surface area contributed by atoms with Crippen molar-refractivity contribution in [1.82, 2.24) is 9.97 Å². The summed E-state index contributed by atoms with van der Waals surface area (Å²) in [5.41, 5.74) is 3.66. The van der Waals surface area contributed by atoms with Crippen molar-refractivity contribution in [2.24, 2.45) is 0 Å². The van der Waals surface area contributed by atoms with E-state index in [2.05, 4.69) is 43.1 Å². The van der Waals surface area contributed by atoms with E-state index in [-0.39, 0.29) is 10.8 Å². The minimum Gasteiger partial charge on any atom is -0.309 e. The molecule has 0 aliphatic carbocycles. The summed E-state index contributed by atoms with van der Waals surface area (Å²) in [6.45, 7) is 8.25. The second-order valence-electron chi connectivity index (χ2n) is 5.79. The van der Waals surface area contributed by atoms with Crippen LogP contribution in [0, 0.1) is 20.8 Å². The number of benzene rings is 1. The van der Waals surface area contributed by atoms with Crippen LogP contribution >= 0.6 is 23.1 Å². The van der Waals surface area contributed by atoms with Crippen molar-refractivity contribution >= 4 is 33.3 Å². The number of aromatic amines is 1. The number of fused-ring (bicyclic) bond motifs is 1. The van der Waals surface area contributed by atoms with Crippen molar-refractivity contribution in [3.8, 4) is 0 Å². The lowest BCUT2D eigenvalue weighted by molar-refractivity contribution is 0.924. The standard InChI is InChI=1S/C18H20N2OS2/c1-10-7-5-6-8-14(10)9-22-13(4)16-19-17(21)15-11(2)12(3)23-18(15)20-16/h5-8,13H,9H2,1-4H3,(H,19,20,21)/t13-/m1/s1. The number of thioether (sulfide) groups is 1. The van der Waals surface area contributed by atoms with Crippen LogP contribution in [-0.4, -0.2) is 9.97 Å². The Morgan fingerprint density at radius 1 is 1.26 bits per heavy atom. The van der Waals surface area contributed by atoms with E-state index in [0.29, 0.717) is 0 Å². The molecule has 1 aromatic carbocycles. The average Bonchev–Trinajstić information content (AvgIpc) is 2.81. The van der Waals surface area contributed by atoms with E-state index in [1.807, 2.05) is 13.8 Å². The number of H-pyrrole nitrogens is 1. The van der Waals surface area contributed by atoms with Crippen LogP contribution in [0.15, 0.2) is 29.1 Å². The molecule has 0 bridgehead atoms. The fourth-order valence-corrected chi connectivity index (χ4v) is 4.59. The Morgan fingerprint density at radius 3 is 2.74 bits per heavy atom. The van der Waals surface area contributed by atoms with E-state index >= 15 is 0 Å². The molecule has 3 rings (SSSR count). The molecule has 1 N–H and O–H groups in total. The average molecular weight is 345 g/mol. The van der Waals surface area contributed by atoms with Crippen LogP contribution in [0.3, 0.4) is 0 Å². The summed E-state index contributed by atoms with van der Waals surface area (Å²) in [7, 11) is 0. The van der Waals surface area contributed by atoms with E-state index in [4.69, 9.17) is 4.98 Å². The highest BCUT2D eigenvalue weighted by molar-refractivity contribution is 7.98. The summed E-state index contributed by atoms with van der Waals surface area (Å²) in [5.74, 6) is 1.68. The molecule has 0 unspecified atom stereocenters. The molecular formula is C18H20N2OS2. The van der Waals surface area contributed by atoms with Gasteiger partial charge in [0.15, 0.2) is 0 Å². The molecule has 5 heteroatoms. The first-order chi connectivity index (χ1) is 11.0. The SMILES string of the molecule is Cc1ccccc1CS[C@H](C)c1nc2sc(C)c(C)c2c(=O)[nH]1. The lowest BCUT2D eigenvalue weighted by Gasteiger charge is -2.12. The second kappa shape index (κ2) is 6.49. The van der Waals surface area contributed by atoms with Crippen molar-refractivity contribution in [3.05, 3.63) is 62.0 Å². The summed E-state index contributed by atoms with van der Waals surface area (Å²) < 4.78 is 0. The van der Waals surface area contributed by atoms with Crippen molar-refractivity contribution < 1.29 is 0 Å². The minimum absolute atomic E-state index is 0.0183. The van der Waals surface area contributed by atoms with Gasteiger partial charge in [0.1, 0.15) is 10.7 Å². The normalized spacial score (nSPS) is 12.7. The summed E-state index contributed by atoms with van der Waals surface area (Å²) >= 11 is 3.40. The zero-order chi connectivity index (χ0) is 16.6. The number of thiophene rings is 1. The third-order valence-corrected chi connectivity index (χ3v) is 6.49. The Bertz CT molecular complexity index is 911. The summed E-state index contributed by atoms with van der Waals surface area (Å²) in [5, 5.41) is 0.891. The van der Waals surface area contributed by atoms with Crippen molar-refractivity contribution in [3.63, 3.8) is 0 Å². The molecule has 0 spiro atoms. The van der Waals surface area contributed by atoms with E-state index in [9.17, 15) is 4.79 Å². The maximum absolute atomic E-state index is 12.4. The van der Waals surface area contributed by atoms with Crippen LogP contribution in [0.1, 0.15) is 39.6 Å². The highest BCUT2D eigenvalue weighted by atomic mass is 32.2. The molecule has 0 radical (unpaired) electrons. The zero-order valence-corrected chi connectivity index (χ0v) is 15.4. The molecule has 1 atom stereocenters. The topological polar surface area (TPSA) is 45.8 Å². The quantitative estimate of drug-likeness (QED) is 0.732. The maximum atomic E-state index is 12.4. The van der Waals surface area contributed by atoms with Gasteiger partial charge < -0.3 is 4.98 Å². The Labute approximate surface area is 144 Å². The predicted molar refractivity (Wildman–Crippen MR) is 101 cm³/mol. The molecule has 3 aromatic rings. The first-order valence-corrected chi connectivity index (χ1v) is 9.50. The van der Waals surface area contributed by atoms with Crippen LogP contribution in [0.5, 0.6) is 0 Å². The maximum Gasteiger partial charge on any atom is 0.259 e. The van der Waals surface area contributed by atoms with E-state index in [0.717, 1.165) is 32.2 Å². The first-order valence-electron chi connectivity index (χ1n) is 7.63. The molecule has 0 aliphatic rings. The number of nitrogens with zero attached hydrogens (tertiary/aromatic N) is 1. The Kier molecular flexibility index (Phi) is 4.60. The smallest absolute Gasteiger partial charge is 0.259 e. The van der Waals surface area contributed by atoms with Crippen molar-refractivity contribution in [2.75, 3.05) is 0 Å². The van der Waals surface area contributed by atoms with Gasteiger partial charge >= 0.3 is 0 Å². The molecule has 0 amide bonds. The number of rotatable bonds is 4. The highest BCUT2D eigenvalue weighted by Gasteiger charge is 2.15. The molecular weight excluding hydrogens is 324 g/mol. The fourth-order valence-electron chi connectivity index (χ4n) is 2.53. The van der Waals surface area contributed by atoms with Crippen LogP contribution in [0.2, 0.25) is 0 Å². The van der Waals surface area contributed by atoms with Gasteiger partial charge in [-0.3, -0.25) is 4.79 Å². The van der Waals surface area contributed by atoms with Crippen LogP contribution in [0.4, 0.5) is 0 Å². The third-order valence-electron chi connectivity index (χ3n) is 4.19. The molecule has 0 saturated heterocycles. The van der Waals surface area contributed by atoms with Crippen LogP contribution < -0.4 is 5.56 Å². The van der Waals surface area contributed by atoms with Crippen molar-refractivity contribution in [2.45, 2.75) is 38.7 Å². The predicted octanol–water partition coefficient (Wildman–Crippen LogP) is 4.90. The van der Waals surface area contributed by atoms with Gasteiger partial charge in [-0.15, -0.1) is 23.1 Å². The molecule has 0 fully saturated rings. The molecule has 2 aromatic heterocycles. The Hall–Kier alpha value is -1.59.